The molecular formula is C20H34O2. The van der Waals surface area contributed by atoms with Gasteiger partial charge in [-0.15, -0.1) is 0 Å². The lowest BCUT2D eigenvalue weighted by atomic mass is 10.1. The highest BCUT2D eigenvalue weighted by Crippen LogP contribution is 2.06. The van der Waals surface area contributed by atoms with Gasteiger partial charge in [-0.3, -0.25) is 4.79 Å². The molecule has 22 heavy (non-hydrogen) atoms. The Hall–Kier alpha value is -1.31. The zero-order valence-corrected chi connectivity index (χ0v) is 14.5. The van der Waals surface area contributed by atoms with Gasteiger partial charge in [-0.2, -0.15) is 0 Å². The molecule has 0 aliphatic carbocycles. The molecule has 2 nitrogen and oxygen atoms in total. The van der Waals surface area contributed by atoms with Crippen molar-refractivity contribution >= 4 is 5.97 Å². The lowest BCUT2D eigenvalue weighted by Gasteiger charge is -1.98. The molecule has 0 aliphatic rings. The van der Waals surface area contributed by atoms with Crippen molar-refractivity contribution in [2.45, 2.75) is 78.1 Å². The van der Waals surface area contributed by atoms with E-state index in [0.717, 1.165) is 44.4 Å². The summed E-state index contributed by atoms with van der Waals surface area (Å²) in [6.07, 6.45) is 23.5. The molecule has 0 unspecified atom stereocenters. The first-order chi connectivity index (χ1) is 10.6. The van der Waals surface area contributed by atoms with Gasteiger partial charge in [0, 0.05) is 6.42 Å². The number of aliphatic carboxylic acids is 1. The molecule has 0 aromatic rings. The molecule has 2 heteroatoms. The molecule has 0 atom stereocenters. The molecule has 0 saturated heterocycles. The van der Waals surface area contributed by atoms with Gasteiger partial charge in [-0.25, -0.2) is 0 Å². The number of hydrogen-bond acceptors (Lipinski definition) is 1. The van der Waals surface area contributed by atoms with Gasteiger partial charge < -0.3 is 5.11 Å². The van der Waals surface area contributed by atoms with Crippen molar-refractivity contribution in [3.63, 3.8) is 0 Å². The van der Waals surface area contributed by atoms with Gasteiger partial charge in [0.1, 0.15) is 0 Å². The average molecular weight is 306 g/mol. The number of allylic oxidation sites excluding steroid dienone is 6. The monoisotopic (exact) mass is 306 g/mol. The average Bonchev–Trinajstić information content (AvgIpc) is 2.46. The maximum Gasteiger partial charge on any atom is 0.303 e. The largest absolute Gasteiger partial charge is 0.481 e. The van der Waals surface area contributed by atoms with Crippen molar-refractivity contribution in [2.75, 3.05) is 0 Å². The molecular weight excluding hydrogens is 272 g/mol. The van der Waals surface area contributed by atoms with E-state index in [9.17, 15) is 4.79 Å². The Bertz CT molecular complexity index is 338. The van der Waals surface area contributed by atoms with Crippen molar-refractivity contribution in [2.24, 2.45) is 5.92 Å². The molecule has 126 valence electrons. The lowest BCUT2D eigenvalue weighted by Crippen LogP contribution is -1.93. The molecule has 1 N–H and O–H groups in total. The van der Waals surface area contributed by atoms with Crippen LogP contribution in [0.4, 0.5) is 0 Å². The zero-order chi connectivity index (χ0) is 16.5. The minimum Gasteiger partial charge on any atom is -0.481 e. The molecule has 0 aliphatic heterocycles. The summed E-state index contributed by atoms with van der Waals surface area (Å²) in [4.78, 5) is 10.3. The Kier molecular flexibility index (Phi) is 15.1. The quantitative estimate of drug-likeness (QED) is 0.302. The van der Waals surface area contributed by atoms with Crippen molar-refractivity contribution in [1.82, 2.24) is 0 Å². The molecule has 0 spiro atoms. The van der Waals surface area contributed by atoms with E-state index in [0.29, 0.717) is 6.42 Å². The van der Waals surface area contributed by atoms with E-state index >= 15 is 0 Å². The van der Waals surface area contributed by atoms with Crippen molar-refractivity contribution in [1.29, 1.82) is 0 Å². The summed E-state index contributed by atoms with van der Waals surface area (Å²) in [5, 5.41) is 8.52. The highest BCUT2D eigenvalue weighted by atomic mass is 16.4. The Morgan fingerprint density at radius 3 is 1.95 bits per heavy atom. The maximum absolute atomic E-state index is 10.3. The van der Waals surface area contributed by atoms with E-state index in [1.807, 2.05) is 0 Å². The first-order valence-electron chi connectivity index (χ1n) is 8.79. The second kappa shape index (κ2) is 16.1. The number of carboxylic acids is 1. The van der Waals surface area contributed by atoms with E-state index in [4.69, 9.17) is 5.11 Å². The van der Waals surface area contributed by atoms with Crippen LogP contribution in [0.3, 0.4) is 0 Å². The molecule has 0 amide bonds. The number of carboxylic acid groups (broad SMARTS) is 1. The predicted octanol–water partition coefficient (Wildman–Crippen LogP) is 6.30. The van der Waals surface area contributed by atoms with Crippen LogP contribution in [0.15, 0.2) is 36.5 Å². The van der Waals surface area contributed by atoms with Gasteiger partial charge in [-0.1, -0.05) is 63.1 Å². The Balaban J connectivity index is 3.32. The van der Waals surface area contributed by atoms with Crippen molar-refractivity contribution < 1.29 is 9.90 Å². The van der Waals surface area contributed by atoms with E-state index in [2.05, 4.69) is 50.3 Å². The first-order valence-corrected chi connectivity index (χ1v) is 8.79. The summed E-state index contributed by atoms with van der Waals surface area (Å²) in [7, 11) is 0. The van der Waals surface area contributed by atoms with Crippen LogP contribution >= 0.6 is 0 Å². The summed E-state index contributed by atoms with van der Waals surface area (Å²) in [5.74, 6) is 0.115. The minimum atomic E-state index is -0.679. The van der Waals surface area contributed by atoms with Crippen LogP contribution in [0.2, 0.25) is 0 Å². The van der Waals surface area contributed by atoms with E-state index < -0.39 is 5.97 Å². The third kappa shape index (κ3) is 18.7. The summed E-state index contributed by atoms with van der Waals surface area (Å²) in [6.45, 7) is 4.52. The van der Waals surface area contributed by atoms with Gasteiger partial charge in [0.05, 0.1) is 0 Å². The molecule has 0 radical (unpaired) electrons. The van der Waals surface area contributed by atoms with Crippen LogP contribution in [-0.4, -0.2) is 11.1 Å². The highest BCUT2D eigenvalue weighted by Gasteiger charge is 1.95. The Labute approximate surface area is 137 Å². The number of hydrogen-bond donors (Lipinski definition) is 1. The molecule has 0 aromatic heterocycles. The van der Waals surface area contributed by atoms with Crippen LogP contribution < -0.4 is 0 Å². The van der Waals surface area contributed by atoms with Gasteiger partial charge in [-0.05, 0) is 50.9 Å². The Morgan fingerprint density at radius 2 is 1.36 bits per heavy atom. The maximum atomic E-state index is 10.3. The van der Waals surface area contributed by atoms with Gasteiger partial charge in [0.25, 0.3) is 0 Å². The summed E-state index contributed by atoms with van der Waals surface area (Å²) in [6, 6.07) is 0. The van der Waals surface area contributed by atoms with Crippen LogP contribution in [0.1, 0.15) is 78.1 Å². The summed E-state index contributed by atoms with van der Waals surface area (Å²) < 4.78 is 0. The van der Waals surface area contributed by atoms with Gasteiger partial charge in [0.15, 0.2) is 0 Å². The molecule has 0 heterocycles. The normalized spacial score (nSPS) is 12.3. The molecule has 0 rings (SSSR count). The fourth-order valence-electron chi connectivity index (χ4n) is 2.10. The second-order valence-electron chi connectivity index (χ2n) is 6.20. The van der Waals surface area contributed by atoms with Crippen LogP contribution in [0.5, 0.6) is 0 Å². The van der Waals surface area contributed by atoms with E-state index in [1.54, 1.807) is 0 Å². The van der Waals surface area contributed by atoms with Crippen molar-refractivity contribution in [3.8, 4) is 0 Å². The van der Waals surface area contributed by atoms with Crippen LogP contribution in [0.25, 0.3) is 0 Å². The van der Waals surface area contributed by atoms with Crippen molar-refractivity contribution in [3.05, 3.63) is 36.5 Å². The third-order valence-electron chi connectivity index (χ3n) is 3.47. The van der Waals surface area contributed by atoms with Crippen LogP contribution in [-0.2, 0) is 4.79 Å². The Morgan fingerprint density at radius 1 is 0.818 bits per heavy atom. The summed E-state index contributed by atoms with van der Waals surface area (Å²) in [5.41, 5.74) is 0. The SMILES string of the molecule is CC(C)CC/C=C\C/C=C\C/C=C\CCCCCCC(=O)O. The smallest absolute Gasteiger partial charge is 0.303 e. The first kappa shape index (κ1) is 20.7. The topological polar surface area (TPSA) is 37.3 Å². The van der Waals surface area contributed by atoms with Gasteiger partial charge in [0.2, 0.25) is 0 Å². The molecule has 0 bridgehead atoms. The lowest BCUT2D eigenvalue weighted by molar-refractivity contribution is -0.137. The third-order valence-corrected chi connectivity index (χ3v) is 3.47. The van der Waals surface area contributed by atoms with Gasteiger partial charge >= 0.3 is 5.97 Å². The highest BCUT2D eigenvalue weighted by molar-refractivity contribution is 5.66. The minimum absolute atomic E-state index is 0.312. The zero-order valence-electron chi connectivity index (χ0n) is 14.5. The van der Waals surface area contributed by atoms with Crippen LogP contribution in [0, 0.1) is 5.92 Å². The standard InChI is InChI=1S/C20H34O2/c1-19(2)17-15-13-11-9-7-5-3-4-6-8-10-12-14-16-18-20(21)22/h4-7,11,13,19H,3,8-10,12,14-18H2,1-2H3,(H,21,22)/b6-4-,7-5-,13-11-. The van der Waals surface area contributed by atoms with E-state index in [-0.39, 0.29) is 0 Å². The predicted molar refractivity (Wildman–Crippen MR) is 96.1 cm³/mol. The summed E-state index contributed by atoms with van der Waals surface area (Å²) >= 11 is 0. The molecule has 0 saturated carbocycles. The molecule has 0 fully saturated rings. The fraction of sp³-hybridized carbons (Fsp3) is 0.650. The second-order valence-corrected chi connectivity index (χ2v) is 6.20. The van der Waals surface area contributed by atoms with E-state index in [1.165, 1.54) is 19.3 Å². The molecule has 0 aromatic carbocycles. The fourth-order valence-corrected chi connectivity index (χ4v) is 2.10. The number of carbonyl (C=O) groups is 1. The number of unbranched alkanes of at least 4 members (excludes halogenated alkanes) is 4. The number of rotatable bonds is 14.